The Labute approximate surface area is 108 Å². The van der Waals surface area contributed by atoms with Crippen molar-refractivity contribution in [3.05, 3.63) is 29.3 Å². The van der Waals surface area contributed by atoms with Gasteiger partial charge in [0.15, 0.2) is 0 Å². The van der Waals surface area contributed by atoms with Crippen molar-refractivity contribution in [3.63, 3.8) is 0 Å². The number of aryl methyl sites for hydroxylation is 1. The second-order valence-electron chi connectivity index (χ2n) is 4.80. The number of hydrogen-bond donors (Lipinski definition) is 2. The maximum atomic E-state index is 12.1. The molecule has 3 N–H and O–H groups in total. The van der Waals surface area contributed by atoms with E-state index in [-0.39, 0.29) is 5.91 Å². The molecule has 0 unspecified atom stereocenters. The highest BCUT2D eigenvalue weighted by molar-refractivity contribution is 5.94. The van der Waals surface area contributed by atoms with Crippen molar-refractivity contribution in [2.24, 2.45) is 0 Å². The Bertz CT molecular complexity index is 439. The van der Waals surface area contributed by atoms with Crippen molar-refractivity contribution in [1.82, 2.24) is 15.3 Å². The number of nitrogens with zero attached hydrogens (tertiary/aromatic N) is 2. The largest absolute Gasteiger partial charge is 0.399 e. The fraction of sp³-hybridized carbons (Fsp3) is 0.462. The predicted molar refractivity (Wildman–Crippen MR) is 72.1 cm³/mol. The zero-order chi connectivity index (χ0) is 13.1. The number of piperazine rings is 1. The van der Waals surface area contributed by atoms with Crippen molar-refractivity contribution in [1.29, 1.82) is 0 Å². The Morgan fingerprint density at radius 3 is 2.56 bits per heavy atom. The monoisotopic (exact) mass is 248 g/mol. The van der Waals surface area contributed by atoms with Gasteiger partial charge in [-0.15, -0.1) is 0 Å². The smallest absolute Gasteiger partial charge is 0.265 e. The number of amides is 1. The van der Waals surface area contributed by atoms with E-state index in [1.165, 1.54) is 0 Å². The van der Waals surface area contributed by atoms with Crippen molar-refractivity contribution >= 4 is 11.6 Å². The number of carbonyl (C=O) groups is 1. The first-order valence-electron chi connectivity index (χ1n) is 6.17. The Hall–Kier alpha value is -1.59. The van der Waals surface area contributed by atoms with Gasteiger partial charge in [0.2, 0.25) is 0 Å². The number of benzene rings is 1. The summed E-state index contributed by atoms with van der Waals surface area (Å²) in [6.07, 6.45) is 0. The Kier molecular flexibility index (Phi) is 3.84. The van der Waals surface area contributed by atoms with Gasteiger partial charge in [-0.1, -0.05) is 0 Å². The van der Waals surface area contributed by atoms with E-state index < -0.39 is 0 Å². The molecule has 0 spiro atoms. The molecule has 0 bridgehead atoms. The molecule has 5 nitrogen and oxygen atoms in total. The van der Waals surface area contributed by atoms with Gasteiger partial charge in [0.25, 0.3) is 5.91 Å². The number of likely N-dealkylation sites (N-methyl/N-ethyl adjacent to an activating group) is 1. The summed E-state index contributed by atoms with van der Waals surface area (Å²) in [6.45, 7) is 5.57. The number of nitrogens with two attached hydrogens (primary N) is 1. The summed E-state index contributed by atoms with van der Waals surface area (Å²) < 4.78 is 0. The number of nitrogen functional groups attached to an aromatic ring is 1. The van der Waals surface area contributed by atoms with Gasteiger partial charge in [-0.05, 0) is 37.7 Å². The third-order valence-electron chi connectivity index (χ3n) is 3.29. The molecule has 0 saturated carbocycles. The highest BCUT2D eigenvalue weighted by Gasteiger charge is 2.16. The first kappa shape index (κ1) is 12.9. The van der Waals surface area contributed by atoms with Crippen LogP contribution in [0.2, 0.25) is 0 Å². The van der Waals surface area contributed by atoms with E-state index in [4.69, 9.17) is 5.73 Å². The van der Waals surface area contributed by atoms with Crippen LogP contribution < -0.4 is 11.2 Å². The standard InChI is InChI=1S/C13H20N4O/c1-10-9-11(3-4-12(10)14)13(18)15-17-7-5-16(2)6-8-17/h3-4,9H,5-8,14H2,1-2H3,(H,15,18). The number of carbonyl (C=O) groups excluding carboxylic acids is 1. The van der Waals surface area contributed by atoms with E-state index in [1.807, 2.05) is 18.0 Å². The van der Waals surface area contributed by atoms with Gasteiger partial charge < -0.3 is 10.6 Å². The second kappa shape index (κ2) is 5.37. The molecule has 1 fully saturated rings. The summed E-state index contributed by atoms with van der Waals surface area (Å²) in [5, 5.41) is 1.97. The third-order valence-corrected chi connectivity index (χ3v) is 3.29. The van der Waals surface area contributed by atoms with Crippen LogP contribution in [0, 0.1) is 6.92 Å². The maximum absolute atomic E-state index is 12.1. The molecular formula is C13H20N4O. The maximum Gasteiger partial charge on any atom is 0.265 e. The molecule has 1 aliphatic heterocycles. The molecule has 2 rings (SSSR count). The van der Waals surface area contributed by atoms with Crippen LogP contribution in [0.1, 0.15) is 15.9 Å². The first-order valence-corrected chi connectivity index (χ1v) is 6.17. The molecule has 98 valence electrons. The van der Waals surface area contributed by atoms with Crippen LogP contribution in [0.25, 0.3) is 0 Å². The lowest BCUT2D eigenvalue weighted by atomic mass is 10.1. The normalized spacial score (nSPS) is 17.7. The highest BCUT2D eigenvalue weighted by Crippen LogP contribution is 2.12. The van der Waals surface area contributed by atoms with E-state index in [0.717, 1.165) is 31.7 Å². The quantitative estimate of drug-likeness (QED) is 0.747. The fourth-order valence-electron chi connectivity index (χ4n) is 1.94. The molecule has 0 radical (unpaired) electrons. The van der Waals surface area contributed by atoms with Gasteiger partial charge in [0.05, 0.1) is 0 Å². The number of hydrazine groups is 1. The number of rotatable bonds is 2. The minimum Gasteiger partial charge on any atom is -0.399 e. The summed E-state index contributed by atoms with van der Waals surface area (Å²) >= 11 is 0. The topological polar surface area (TPSA) is 61.6 Å². The molecule has 1 aliphatic rings. The zero-order valence-corrected chi connectivity index (χ0v) is 10.9. The van der Waals surface area contributed by atoms with Crippen LogP contribution >= 0.6 is 0 Å². The summed E-state index contributed by atoms with van der Waals surface area (Å²) in [6, 6.07) is 5.35. The summed E-state index contributed by atoms with van der Waals surface area (Å²) in [5.74, 6) is -0.0670. The molecule has 0 atom stereocenters. The zero-order valence-electron chi connectivity index (χ0n) is 10.9. The molecule has 1 saturated heterocycles. The Morgan fingerprint density at radius 1 is 1.28 bits per heavy atom. The molecule has 1 aromatic carbocycles. The van der Waals surface area contributed by atoms with E-state index in [0.29, 0.717) is 11.3 Å². The van der Waals surface area contributed by atoms with Crippen LogP contribution in [0.3, 0.4) is 0 Å². The number of anilines is 1. The van der Waals surface area contributed by atoms with E-state index in [2.05, 4.69) is 17.4 Å². The summed E-state index contributed by atoms with van der Waals surface area (Å²) in [7, 11) is 2.09. The van der Waals surface area contributed by atoms with Gasteiger partial charge in [0.1, 0.15) is 0 Å². The average molecular weight is 248 g/mol. The summed E-state index contributed by atoms with van der Waals surface area (Å²) in [5.41, 5.74) is 11.0. The lowest BCUT2D eigenvalue weighted by Gasteiger charge is -2.32. The molecular weight excluding hydrogens is 228 g/mol. The number of hydrogen-bond acceptors (Lipinski definition) is 4. The minimum atomic E-state index is -0.0670. The van der Waals surface area contributed by atoms with E-state index in [1.54, 1.807) is 12.1 Å². The van der Waals surface area contributed by atoms with Crippen molar-refractivity contribution in [2.75, 3.05) is 39.0 Å². The van der Waals surface area contributed by atoms with Crippen LogP contribution in [-0.2, 0) is 0 Å². The lowest BCUT2D eigenvalue weighted by Crippen LogP contribution is -2.52. The van der Waals surface area contributed by atoms with Crippen molar-refractivity contribution < 1.29 is 4.79 Å². The molecule has 1 heterocycles. The predicted octanol–water partition coefficient (Wildman–Crippen LogP) is 0.469. The van der Waals surface area contributed by atoms with Gasteiger partial charge in [-0.3, -0.25) is 10.2 Å². The van der Waals surface area contributed by atoms with Gasteiger partial charge in [0, 0.05) is 37.4 Å². The fourth-order valence-corrected chi connectivity index (χ4v) is 1.94. The Balaban J connectivity index is 1.97. The first-order chi connectivity index (χ1) is 8.56. The van der Waals surface area contributed by atoms with E-state index >= 15 is 0 Å². The second-order valence-corrected chi connectivity index (χ2v) is 4.80. The molecule has 1 amide bonds. The minimum absolute atomic E-state index is 0.0670. The van der Waals surface area contributed by atoms with Crippen molar-refractivity contribution in [2.45, 2.75) is 6.92 Å². The van der Waals surface area contributed by atoms with Crippen LogP contribution in [0.4, 0.5) is 5.69 Å². The van der Waals surface area contributed by atoms with Crippen LogP contribution in [0.15, 0.2) is 18.2 Å². The summed E-state index contributed by atoms with van der Waals surface area (Å²) in [4.78, 5) is 14.3. The van der Waals surface area contributed by atoms with E-state index in [9.17, 15) is 4.79 Å². The number of nitrogens with one attached hydrogen (secondary N) is 1. The van der Waals surface area contributed by atoms with Crippen LogP contribution in [0.5, 0.6) is 0 Å². The lowest BCUT2D eigenvalue weighted by molar-refractivity contribution is 0.0662. The van der Waals surface area contributed by atoms with Crippen molar-refractivity contribution in [3.8, 4) is 0 Å². The third kappa shape index (κ3) is 3.00. The molecule has 1 aromatic rings. The SMILES string of the molecule is Cc1cc(C(=O)NN2CCN(C)CC2)ccc1N. The molecule has 5 heteroatoms. The molecule has 18 heavy (non-hydrogen) atoms. The molecule has 0 aromatic heterocycles. The van der Waals surface area contributed by atoms with Crippen LogP contribution in [-0.4, -0.2) is 49.0 Å². The average Bonchev–Trinajstić information content (AvgIpc) is 2.35. The Morgan fingerprint density at radius 2 is 1.94 bits per heavy atom. The van der Waals surface area contributed by atoms with Gasteiger partial charge in [-0.2, -0.15) is 0 Å². The highest BCUT2D eigenvalue weighted by atomic mass is 16.2. The van der Waals surface area contributed by atoms with Gasteiger partial charge in [-0.25, -0.2) is 5.01 Å². The van der Waals surface area contributed by atoms with Gasteiger partial charge >= 0.3 is 0 Å². The molecule has 0 aliphatic carbocycles.